The van der Waals surface area contributed by atoms with Gasteiger partial charge in [0, 0.05) is 19.3 Å². The molecule has 0 aromatic heterocycles. The Morgan fingerprint density at radius 1 is 1.00 bits per heavy atom. The van der Waals surface area contributed by atoms with Crippen LogP contribution >= 0.6 is 0 Å². The summed E-state index contributed by atoms with van der Waals surface area (Å²) in [6.07, 6.45) is 14.0. The number of carbonyl (C=O) groups excluding carboxylic acids is 1. The zero-order valence-electron chi connectivity index (χ0n) is 15.6. The van der Waals surface area contributed by atoms with E-state index in [2.05, 4.69) is 6.92 Å². The number of hydrogen-bond acceptors (Lipinski definition) is 4. The summed E-state index contributed by atoms with van der Waals surface area (Å²) < 4.78 is 31.4. The second kappa shape index (κ2) is 17.2. The smallest absolute Gasteiger partial charge is 0.748 e. The average molecular weight is 386 g/mol. The van der Waals surface area contributed by atoms with Crippen molar-refractivity contribution in [3.8, 4) is 0 Å². The number of carbonyl (C=O) groups is 1. The molecule has 136 valence electrons. The van der Waals surface area contributed by atoms with Crippen LogP contribution in [0.15, 0.2) is 12.2 Å². The predicted molar refractivity (Wildman–Crippen MR) is 93.2 cm³/mol. The first-order valence-corrected chi connectivity index (χ1v) is 10.3. The van der Waals surface area contributed by atoms with Crippen LogP contribution in [0.3, 0.4) is 0 Å². The molecule has 0 aliphatic heterocycles. The summed E-state index contributed by atoms with van der Waals surface area (Å²) in [5, 5.41) is 0. The van der Waals surface area contributed by atoms with E-state index in [-0.39, 0.29) is 63.0 Å². The zero-order valence-corrected chi connectivity index (χ0v) is 19.6. The Bertz CT molecular complexity index is 438. The van der Waals surface area contributed by atoms with Crippen LogP contribution < -0.4 is 51.4 Å². The van der Waals surface area contributed by atoms with Crippen molar-refractivity contribution in [1.82, 2.24) is 4.90 Å². The van der Waals surface area contributed by atoms with Crippen LogP contribution in [0.1, 0.15) is 71.1 Å². The van der Waals surface area contributed by atoms with Gasteiger partial charge in [0.2, 0.25) is 5.91 Å². The van der Waals surface area contributed by atoms with Crippen molar-refractivity contribution in [1.29, 1.82) is 0 Å². The molecule has 0 unspecified atom stereocenters. The van der Waals surface area contributed by atoms with Gasteiger partial charge in [-0.15, -0.1) is 0 Å². The fraction of sp³-hybridized carbons (Fsp3) is 0.824. The fourth-order valence-corrected chi connectivity index (χ4v) is 2.83. The maximum Gasteiger partial charge on any atom is 1.00 e. The van der Waals surface area contributed by atoms with Gasteiger partial charge in [0.1, 0.15) is 0 Å². The molecule has 0 bridgehead atoms. The molecule has 24 heavy (non-hydrogen) atoms. The van der Waals surface area contributed by atoms with Gasteiger partial charge in [-0.2, -0.15) is 0 Å². The van der Waals surface area contributed by atoms with Gasteiger partial charge in [-0.05, 0) is 31.8 Å². The molecule has 0 saturated heterocycles. The van der Waals surface area contributed by atoms with E-state index in [1.165, 1.54) is 38.5 Å². The Balaban J connectivity index is 0. The molecule has 5 nitrogen and oxygen atoms in total. The summed E-state index contributed by atoms with van der Waals surface area (Å²) >= 11 is 0. The van der Waals surface area contributed by atoms with Crippen molar-refractivity contribution in [3.05, 3.63) is 12.2 Å². The third kappa shape index (κ3) is 19.1. The molecule has 0 fully saturated rings. The summed E-state index contributed by atoms with van der Waals surface area (Å²) in [5.41, 5.74) is 0. The van der Waals surface area contributed by atoms with E-state index in [0.29, 0.717) is 19.4 Å². The number of hydrogen-bond donors (Lipinski definition) is 0. The Hall–Kier alpha value is 0.756. The first-order chi connectivity index (χ1) is 10.9. The van der Waals surface area contributed by atoms with Gasteiger partial charge in [-0.25, -0.2) is 8.42 Å². The average Bonchev–Trinajstić information content (AvgIpc) is 2.48. The summed E-state index contributed by atoms with van der Waals surface area (Å²) in [6.45, 7) is 2.68. The first-order valence-electron chi connectivity index (χ1n) is 8.72. The van der Waals surface area contributed by atoms with Gasteiger partial charge in [-0.1, -0.05) is 51.5 Å². The van der Waals surface area contributed by atoms with Gasteiger partial charge < -0.3 is 9.45 Å². The second-order valence-corrected chi connectivity index (χ2v) is 7.56. The number of unbranched alkanes of at least 4 members (excludes halogenated alkanes) is 8. The van der Waals surface area contributed by atoms with Crippen molar-refractivity contribution in [2.24, 2.45) is 0 Å². The molecule has 0 atom stereocenters. The second-order valence-electron chi connectivity index (χ2n) is 6.04. The third-order valence-corrected chi connectivity index (χ3v) is 4.54. The topological polar surface area (TPSA) is 77.5 Å². The number of likely N-dealkylation sites (N-methyl/N-ethyl adjacent to an activating group) is 1. The van der Waals surface area contributed by atoms with E-state index in [1.54, 1.807) is 18.0 Å². The van der Waals surface area contributed by atoms with Crippen molar-refractivity contribution in [2.75, 3.05) is 19.3 Å². The molecule has 0 aromatic rings. The van der Waals surface area contributed by atoms with Crippen LogP contribution in [-0.2, 0) is 14.9 Å². The quantitative estimate of drug-likeness (QED) is 0.188. The molecule has 0 heterocycles. The Labute approximate surface area is 190 Å². The van der Waals surface area contributed by atoms with Crippen LogP contribution in [-0.4, -0.2) is 43.1 Å². The maximum absolute atomic E-state index is 11.8. The Kier molecular flexibility index (Phi) is 19.3. The number of amides is 1. The molecular formula is C17H32KNO4S. The standard InChI is InChI=1S/C17H33NO4S.K/c1-3-4-5-6-7-8-9-10-11-14-17(19)18(2)15-12-13-16-23(20,21)22;/h11,14H,3-10,12-13,15-16H2,1-2H3,(H,20,21,22);/q;+1/p-1/b14-11+;. The Morgan fingerprint density at radius 2 is 1.58 bits per heavy atom. The van der Waals surface area contributed by atoms with E-state index in [9.17, 15) is 17.8 Å². The molecule has 1 amide bonds. The van der Waals surface area contributed by atoms with Crippen molar-refractivity contribution >= 4 is 16.0 Å². The number of allylic oxidation sites excluding steroid dienone is 1. The van der Waals surface area contributed by atoms with Gasteiger partial charge in [-0.3, -0.25) is 4.79 Å². The predicted octanol–water partition coefficient (Wildman–Crippen LogP) is 0.471. The van der Waals surface area contributed by atoms with E-state index in [1.807, 2.05) is 6.08 Å². The third-order valence-electron chi connectivity index (χ3n) is 3.75. The maximum atomic E-state index is 11.8. The molecule has 7 heteroatoms. The van der Waals surface area contributed by atoms with Crippen molar-refractivity contribution in [2.45, 2.75) is 71.1 Å². The van der Waals surface area contributed by atoms with Crippen LogP contribution in [0.2, 0.25) is 0 Å². The van der Waals surface area contributed by atoms with Crippen molar-refractivity contribution < 1.29 is 69.1 Å². The van der Waals surface area contributed by atoms with Gasteiger partial charge in [0.25, 0.3) is 0 Å². The molecular weight excluding hydrogens is 353 g/mol. The fourth-order valence-electron chi connectivity index (χ4n) is 2.27. The van der Waals surface area contributed by atoms with Crippen molar-refractivity contribution in [3.63, 3.8) is 0 Å². The Morgan fingerprint density at radius 3 is 2.17 bits per heavy atom. The first kappa shape index (κ1) is 27.0. The van der Waals surface area contributed by atoms with Gasteiger partial charge in [0.15, 0.2) is 0 Å². The normalized spacial score (nSPS) is 11.5. The molecule has 0 aliphatic carbocycles. The molecule has 0 rings (SSSR count). The zero-order chi connectivity index (χ0) is 17.6. The minimum absolute atomic E-state index is 0. The summed E-state index contributed by atoms with van der Waals surface area (Å²) in [7, 11) is -2.45. The van der Waals surface area contributed by atoms with Crippen LogP contribution in [0.25, 0.3) is 0 Å². The minimum atomic E-state index is -4.14. The summed E-state index contributed by atoms with van der Waals surface area (Å²) in [6, 6.07) is 0. The van der Waals surface area contributed by atoms with Gasteiger partial charge in [0.05, 0.1) is 10.1 Å². The number of rotatable bonds is 14. The molecule has 0 saturated carbocycles. The number of nitrogens with zero attached hydrogens (tertiary/aromatic N) is 1. The van der Waals surface area contributed by atoms with Crippen LogP contribution in [0.5, 0.6) is 0 Å². The van der Waals surface area contributed by atoms with Gasteiger partial charge >= 0.3 is 51.4 Å². The monoisotopic (exact) mass is 385 g/mol. The molecule has 0 aromatic carbocycles. The molecule has 0 radical (unpaired) electrons. The molecule has 0 N–H and O–H groups in total. The van der Waals surface area contributed by atoms with Crippen LogP contribution in [0, 0.1) is 0 Å². The van der Waals surface area contributed by atoms with Crippen LogP contribution in [0.4, 0.5) is 0 Å². The minimum Gasteiger partial charge on any atom is -0.748 e. The van der Waals surface area contributed by atoms with E-state index < -0.39 is 10.1 Å². The van der Waals surface area contributed by atoms with E-state index in [0.717, 1.165) is 12.8 Å². The van der Waals surface area contributed by atoms with E-state index >= 15 is 0 Å². The summed E-state index contributed by atoms with van der Waals surface area (Å²) in [5.74, 6) is -0.429. The van der Waals surface area contributed by atoms with E-state index in [4.69, 9.17) is 0 Å². The SMILES string of the molecule is CCCCCCCCC/C=C/C(=O)N(C)CCCCS(=O)(=O)[O-].[K+]. The largest absolute Gasteiger partial charge is 1.00 e. The summed E-state index contributed by atoms with van der Waals surface area (Å²) in [4.78, 5) is 13.4. The molecule has 0 aliphatic rings. The molecule has 0 spiro atoms.